The van der Waals surface area contributed by atoms with Crippen molar-refractivity contribution in [2.45, 2.75) is 249 Å². The zero-order chi connectivity index (χ0) is 34.0. The minimum absolute atomic E-state index is 0.0606. The van der Waals surface area contributed by atoms with Gasteiger partial charge in [-0.15, -0.1) is 0 Å². The summed E-state index contributed by atoms with van der Waals surface area (Å²) in [5.41, 5.74) is -0.182. The molecule has 0 aromatic rings. The fraction of sp³-hybridized carbons (Fsp3) is 1.00. The highest BCUT2D eigenvalue weighted by molar-refractivity contribution is 6.37. The Morgan fingerprint density at radius 1 is 0.306 bits per heavy atom. The predicted octanol–water partition coefficient (Wildman–Crippen LogP) is 13.9. The highest BCUT2D eigenvalue weighted by Gasteiger charge is 2.59. The van der Waals surface area contributed by atoms with Gasteiger partial charge in [-0.3, -0.25) is 0 Å². The van der Waals surface area contributed by atoms with Crippen LogP contribution in [-0.2, 0) is 11.4 Å². The van der Waals surface area contributed by atoms with Gasteiger partial charge in [-0.05, 0) is 132 Å². The van der Waals surface area contributed by atoms with E-state index >= 15 is 0 Å². The van der Waals surface area contributed by atoms with Gasteiger partial charge >= 0.3 is 15.1 Å². The lowest BCUT2D eigenvalue weighted by Crippen LogP contribution is -2.61. The molecule has 6 rings (SSSR count). The molecule has 282 valence electrons. The molecule has 0 unspecified atom stereocenters. The van der Waals surface area contributed by atoms with Crippen molar-refractivity contribution in [3.8, 4) is 0 Å². The fourth-order valence-electron chi connectivity index (χ4n) is 13.7. The summed E-state index contributed by atoms with van der Waals surface area (Å²) in [6.07, 6.45) is 45.0. The van der Waals surface area contributed by atoms with Crippen molar-refractivity contribution in [2.75, 3.05) is 0 Å². The van der Waals surface area contributed by atoms with E-state index in [-0.39, 0.29) is 16.8 Å². The number of hydrogen-bond acceptors (Lipinski definition) is 3. The van der Waals surface area contributed by atoms with Crippen molar-refractivity contribution in [3.63, 3.8) is 0 Å². The van der Waals surface area contributed by atoms with Crippen LogP contribution in [0.15, 0.2) is 0 Å². The molecule has 0 aromatic heterocycles. The first-order valence-electron chi connectivity index (χ1n) is 23.1. The van der Waals surface area contributed by atoms with Crippen molar-refractivity contribution in [3.05, 3.63) is 0 Å². The fourth-order valence-corrected chi connectivity index (χ4v) is 16.6. The van der Waals surface area contributed by atoms with Crippen molar-refractivity contribution in [1.82, 2.24) is 0 Å². The van der Waals surface area contributed by atoms with Crippen LogP contribution in [0.1, 0.15) is 233 Å². The van der Waals surface area contributed by atoms with Crippen molar-refractivity contribution >= 4 is 15.1 Å². The zero-order valence-electron chi connectivity index (χ0n) is 33.1. The zero-order valence-corrected chi connectivity index (χ0v) is 34.3. The minimum atomic E-state index is -2.59. The first kappa shape index (κ1) is 39.1. The average Bonchev–Trinajstić information content (AvgIpc) is 3.20. The molecule has 4 heteroatoms. The molecule has 6 aliphatic rings. The van der Waals surface area contributed by atoms with Crippen molar-refractivity contribution in [2.24, 2.45) is 35.5 Å². The Kier molecular flexibility index (Phi) is 15.3. The first-order chi connectivity index (χ1) is 24.1. The van der Waals surface area contributed by atoms with Gasteiger partial charge in [0.05, 0.1) is 0 Å². The molecule has 0 N–H and O–H groups in total. The van der Waals surface area contributed by atoms with E-state index in [1.165, 1.54) is 193 Å². The summed E-state index contributed by atoms with van der Waals surface area (Å²) in [5.74, 6) is 4.07. The molecule has 0 heterocycles. The summed E-state index contributed by atoms with van der Waals surface area (Å²) in [6, 6.07) is 0. The molecule has 0 aromatic carbocycles. The van der Waals surface area contributed by atoms with Crippen LogP contribution in [0.3, 0.4) is 0 Å². The lowest BCUT2D eigenvalue weighted by Gasteiger charge is -2.56. The Morgan fingerprint density at radius 3 is 0.612 bits per heavy atom. The Bertz CT molecular complexity index is 743. The van der Waals surface area contributed by atoms with Gasteiger partial charge in [0.25, 0.3) is 0 Å². The Labute approximate surface area is 310 Å². The van der Waals surface area contributed by atoms with Gasteiger partial charge in [0.2, 0.25) is 0 Å². The topological polar surface area (TPSA) is 27.7 Å². The Hall–Kier alpha value is 0.412. The monoisotopic (exact) mass is 697 g/mol. The van der Waals surface area contributed by atoms with E-state index in [1.54, 1.807) is 0 Å². The second kappa shape index (κ2) is 19.1. The molecule has 0 amide bonds. The van der Waals surface area contributed by atoms with Crippen LogP contribution >= 0.6 is 0 Å². The largest absolute Gasteiger partial charge is 0.906 e. The highest BCUT2D eigenvalue weighted by atomic mass is 27.3. The van der Waals surface area contributed by atoms with E-state index in [0.29, 0.717) is 35.5 Å². The van der Waals surface area contributed by atoms with Crippen LogP contribution in [0.4, 0.5) is 0 Å². The van der Waals surface area contributed by atoms with Crippen LogP contribution in [0, 0.1) is 35.5 Å². The summed E-state index contributed by atoms with van der Waals surface area (Å²) in [7, 11) is 0. The average molecular weight is 697 g/mol. The minimum Gasteiger partial charge on any atom is -0.449 e. The number of rotatable bonds is 15. The molecule has 0 spiro atoms. The molecule has 6 saturated carbocycles. The van der Waals surface area contributed by atoms with E-state index < -0.39 is 15.1 Å². The molecular weight excluding hydrogens is 615 g/mol. The molecule has 0 aliphatic heterocycles. The molecule has 49 heavy (non-hydrogen) atoms. The maximum atomic E-state index is 8.24. The molecular formula is C45H81AlO3. The summed E-state index contributed by atoms with van der Waals surface area (Å²) < 4.78 is 24.7. The number of hydrogen-bond donors (Lipinski definition) is 0. The SMILES string of the molecule is CCC([O][Al]([O]C(CC)(C1CCCCC1)C1CCCCC1)[O]C(CC)(C1CCCCC1)C1CCCCC1)(C1CCCCC1)C1CCCCC1. The third-order valence-corrected chi connectivity index (χ3v) is 18.3. The summed E-state index contributed by atoms with van der Waals surface area (Å²) in [5, 5.41) is 0. The van der Waals surface area contributed by atoms with Crippen LogP contribution in [0.5, 0.6) is 0 Å². The van der Waals surface area contributed by atoms with Gasteiger partial charge in [-0.2, -0.15) is 0 Å². The molecule has 0 saturated heterocycles. The second-order valence-corrected chi connectivity index (χ2v) is 19.9. The van der Waals surface area contributed by atoms with Gasteiger partial charge in [0.1, 0.15) is 0 Å². The standard InChI is InChI=1S/3C15H27O.Al/c3*1-2-15(16,13-9-5-3-6-10-13)14-11-7-4-8-12-14;/h3*13-14H,2-12H2,1H3;/q3*-1;+3. The van der Waals surface area contributed by atoms with E-state index in [0.717, 1.165) is 19.3 Å². The quantitative estimate of drug-likeness (QED) is 0.160. The van der Waals surface area contributed by atoms with Crippen LogP contribution in [-0.4, -0.2) is 32.0 Å². The van der Waals surface area contributed by atoms with Gasteiger partial charge < -0.3 is 11.4 Å². The summed E-state index contributed by atoms with van der Waals surface area (Å²) >= 11 is -2.59. The lowest BCUT2D eigenvalue weighted by atomic mass is 9.65. The maximum absolute atomic E-state index is 8.24. The van der Waals surface area contributed by atoms with E-state index in [4.69, 9.17) is 11.4 Å². The maximum Gasteiger partial charge on any atom is 0.906 e. The van der Waals surface area contributed by atoms with E-state index in [9.17, 15) is 0 Å². The van der Waals surface area contributed by atoms with Gasteiger partial charge in [0.15, 0.2) is 0 Å². The van der Waals surface area contributed by atoms with Crippen LogP contribution < -0.4 is 0 Å². The van der Waals surface area contributed by atoms with Gasteiger partial charge in [-0.25, -0.2) is 0 Å². The Morgan fingerprint density at radius 2 is 0.469 bits per heavy atom. The molecule has 6 fully saturated rings. The summed E-state index contributed by atoms with van der Waals surface area (Å²) in [6.45, 7) is 7.54. The third-order valence-electron chi connectivity index (χ3n) is 16.4. The Balaban J connectivity index is 1.44. The first-order valence-corrected chi connectivity index (χ1v) is 24.5. The smallest absolute Gasteiger partial charge is 0.449 e. The molecule has 0 bridgehead atoms. The predicted molar refractivity (Wildman–Crippen MR) is 208 cm³/mol. The molecule has 3 nitrogen and oxygen atoms in total. The second-order valence-electron chi connectivity index (χ2n) is 18.6. The molecule has 6 aliphatic carbocycles. The van der Waals surface area contributed by atoms with Gasteiger partial charge in [-0.1, -0.05) is 136 Å². The normalized spacial score (nSPS) is 26.3. The van der Waals surface area contributed by atoms with Gasteiger partial charge in [0, 0.05) is 16.8 Å². The third kappa shape index (κ3) is 8.87. The molecule has 0 radical (unpaired) electrons. The van der Waals surface area contributed by atoms with Crippen LogP contribution in [0.25, 0.3) is 0 Å². The summed E-state index contributed by atoms with van der Waals surface area (Å²) in [4.78, 5) is 0. The highest BCUT2D eigenvalue weighted by Crippen LogP contribution is 2.53. The van der Waals surface area contributed by atoms with E-state index in [1.807, 2.05) is 0 Å². The molecule has 0 atom stereocenters. The van der Waals surface area contributed by atoms with Crippen LogP contribution in [0.2, 0.25) is 0 Å². The van der Waals surface area contributed by atoms with E-state index in [2.05, 4.69) is 20.8 Å². The lowest BCUT2D eigenvalue weighted by molar-refractivity contribution is -0.184. The van der Waals surface area contributed by atoms with Crippen molar-refractivity contribution in [1.29, 1.82) is 0 Å². The van der Waals surface area contributed by atoms with Crippen molar-refractivity contribution < 1.29 is 11.4 Å².